The van der Waals surface area contributed by atoms with Crippen LogP contribution in [0.4, 0.5) is 5.95 Å². The molecule has 1 N–H and O–H groups in total. The molecule has 25 heavy (non-hydrogen) atoms. The van der Waals surface area contributed by atoms with Gasteiger partial charge in [0.15, 0.2) is 0 Å². The summed E-state index contributed by atoms with van der Waals surface area (Å²) in [6.45, 7) is 1.15. The molecule has 3 rings (SSSR count). The molecular formula is C17H21N5O3. The quantitative estimate of drug-likeness (QED) is 0.886. The van der Waals surface area contributed by atoms with Gasteiger partial charge < -0.3 is 14.5 Å². The van der Waals surface area contributed by atoms with Crippen LogP contribution in [0.2, 0.25) is 0 Å². The summed E-state index contributed by atoms with van der Waals surface area (Å²) >= 11 is 0. The Hall–Kier alpha value is -2.90. The van der Waals surface area contributed by atoms with Crippen molar-refractivity contribution in [3.63, 3.8) is 0 Å². The largest absolute Gasteiger partial charge is 0.481 e. The van der Waals surface area contributed by atoms with Gasteiger partial charge in [-0.25, -0.2) is 9.97 Å². The van der Waals surface area contributed by atoms with E-state index in [4.69, 9.17) is 4.74 Å². The number of aromatic amines is 1. The third-order valence-electron chi connectivity index (χ3n) is 4.28. The summed E-state index contributed by atoms with van der Waals surface area (Å²) in [5.74, 6) is 0.869. The van der Waals surface area contributed by atoms with Gasteiger partial charge >= 0.3 is 0 Å². The Balaban J connectivity index is 1.80. The fourth-order valence-corrected chi connectivity index (χ4v) is 3.01. The first-order valence-electron chi connectivity index (χ1n) is 8.06. The predicted octanol–water partition coefficient (Wildman–Crippen LogP) is 0.869. The van der Waals surface area contributed by atoms with E-state index < -0.39 is 0 Å². The van der Waals surface area contributed by atoms with Crippen molar-refractivity contribution in [1.29, 1.82) is 0 Å². The molecule has 8 heteroatoms. The van der Waals surface area contributed by atoms with E-state index in [9.17, 15) is 9.59 Å². The van der Waals surface area contributed by atoms with Crippen LogP contribution >= 0.6 is 0 Å². The van der Waals surface area contributed by atoms with Crippen LogP contribution in [-0.4, -0.2) is 60.1 Å². The molecule has 2 aromatic rings. The third-order valence-corrected chi connectivity index (χ3v) is 4.28. The van der Waals surface area contributed by atoms with Crippen molar-refractivity contribution in [2.75, 3.05) is 39.2 Å². The monoisotopic (exact) mass is 343 g/mol. The minimum Gasteiger partial charge on any atom is -0.481 e. The Morgan fingerprint density at radius 1 is 1.44 bits per heavy atom. The van der Waals surface area contributed by atoms with Crippen molar-refractivity contribution in [2.24, 2.45) is 0 Å². The zero-order chi connectivity index (χ0) is 18.0. The highest BCUT2D eigenvalue weighted by molar-refractivity contribution is 5.92. The molecule has 1 atom stereocenters. The second-order valence-corrected chi connectivity index (χ2v) is 6.19. The lowest BCUT2D eigenvalue weighted by atomic mass is 10.00. The number of hydrogen-bond acceptors (Lipinski definition) is 6. The second kappa shape index (κ2) is 6.92. The number of carbonyl (C=O) groups is 1. The van der Waals surface area contributed by atoms with Crippen LogP contribution in [0.25, 0.3) is 0 Å². The van der Waals surface area contributed by atoms with Crippen LogP contribution in [0, 0.1) is 0 Å². The Kier molecular flexibility index (Phi) is 4.69. The minimum absolute atomic E-state index is 0.155. The highest BCUT2D eigenvalue weighted by atomic mass is 16.5. The van der Waals surface area contributed by atoms with Crippen LogP contribution in [0.3, 0.4) is 0 Å². The van der Waals surface area contributed by atoms with E-state index in [0.717, 1.165) is 12.0 Å². The van der Waals surface area contributed by atoms with Crippen LogP contribution in [0.5, 0.6) is 5.88 Å². The van der Waals surface area contributed by atoms with Gasteiger partial charge in [0, 0.05) is 50.9 Å². The Morgan fingerprint density at radius 2 is 2.24 bits per heavy atom. The van der Waals surface area contributed by atoms with Crippen molar-refractivity contribution >= 4 is 11.9 Å². The number of nitrogens with zero attached hydrogens (tertiary/aromatic N) is 4. The molecule has 1 aliphatic heterocycles. The number of nitrogens with one attached hydrogen (secondary N) is 1. The van der Waals surface area contributed by atoms with E-state index in [1.54, 1.807) is 37.2 Å². The summed E-state index contributed by atoms with van der Waals surface area (Å²) in [4.78, 5) is 39.0. The molecule has 0 bridgehead atoms. The van der Waals surface area contributed by atoms with Gasteiger partial charge in [-0.3, -0.25) is 14.6 Å². The van der Waals surface area contributed by atoms with Gasteiger partial charge in [0.2, 0.25) is 11.8 Å². The molecule has 1 aliphatic rings. The lowest BCUT2D eigenvalue weighted by Gasteiger charge is -2.18. The van der Waals surface area contributed by atoms with E-state index in [1.165, 1.54) is 6.07 Å². The maximum Gasteiger partial charge on any atom is 0.272 e. The Morgan fingerprint density at radius 3 is 2.96 bits per heavy atom. The van der Waals surface area contributed by atoms with Gasteiger partial charge in [-0.15, -0.1) is 0 Å². The van der Waals surface area contributed by atoms with Crippen molar-refractivity contribution < 1.29 is 9.53 Å². The number of ether oxygens (including phenoxy) is 1. The van der Waals surface area contributed by atoms with Crippen molar-refractivity contribution in [1.82, 2.24) is 19.9 Å². The van der Waals surface area contributed by atoms with Gasteiger partial charge in [-0.05, 0) is 12.5 Å². The molecule has 0 aromatic carbocycles. The molecule has 0 aliphatic carbocycles. The molecule has 0 spiro atoms. The first kappa shape index (κ1) is 16.9. The molecule has 1 saturated heterocycles. The van der Waals surface area contributed by atoms with E-state index in [0.29, 0.717) is 24.9 Å². The lowest BCUT2D eigenvalue weighted by Crippen LogP contribution is -2.31. The number of hydrogen-bond donors (Lipinski definition) is 1. The normalized spacial score (nSPS) is 16.8. The first-order valence-corrected chi connectivity index (χ1v) is 8.06. The minimum atomic E-state index is -0.341. The van der Waals surface area contributed by atoms with Gasteiger partial charge in [0.25, 0.3) is 11.5 Å². The number of rotatable bonds is 4. The SMILES string of the molecule is COc1ncccc1C1CCN(C(=O)c2cc(=O)[nH]c(N(C)C)n2)C1. The average molecular weight is 343 g/mol. The second-order valence-electron chi connectivity index (χ2n) is 6.19. The topological polar surface area (TPSA) is 91.4 Å². The Bertz CT molecular complexity index is 833. The highest BCUT2D eigenvalue weighted by Crippen LogP contribution is 2.32. The molecule has 3 heterocycles. The van der Waals surface area contributed by atoms with Gasteiger partial charge in [-0.2, -0.15) is 0 Å². The maximum absolute atomic E-state index is 12.8. The third kappa shape index (κ3) is 3.47. The molecule has 1 unspecified atom stereocenters. The van der Waals surface area contributed by atoms with Crippen LogP contribution < -0.4 is 15.2 Å². The number of anilines is 1. The van der Waals surface area contributed by atoms with Crippen LogP contribution in [0.15, 0.2) is 29.2 Å². The number of methoxy groups -OCH3 is 1. The average Bonchev–Trinajstić information content (AvgIpc) is 3.10. The predicted molar refractivity (Wildman–Crippen MR) is 93.2 cm³/mol. The fourth-order valence-electron chi connectivity index (χ4n) is 3.01. The number of carbonyl (C=O) groups excluding carboxylic acids is 1. The summed E-state index contributed by atoms with van der Waals surface area (Å²) in [5.41, 5.74) is 0.811. The van der Waals surface area contributed by atoms with Crippen LogP contribution in [0.1, 0.15) is 28.4 Å². The summed E-state index contributed by atoms with van der Waals surface area (Å²) in [5, 5.41) is 0. The number of H-pyrrole nitrogens is 1. The van der Waals surface area contributed by atoms with Crippen molar-refractivity contribution in [3.05, 3.63) is 46.0 Å². The molecule has 0 radical (unpaired) electrons. The molecule has 1 amide bonds. The number of pyridine rings is 1. The van der Waals surface area contributed by atoms with E-state index in [1.807, 2.05) is 12.1 Å². The summed E-state index contributed by atoms with van der Waals surface area (Å²) in [6, 6.07) is 5.08. The van der Waals surface area contributed by atoms with Crippen molar-refractivity contribution in [2.45, 2.75) is 12.3 Å². The highest BCUT2D eigenvalue weighted by Gasteiger charge is 2.30. The first-order chi connectivity index (χ1) is 12.0. The zero-order valence-electron chi connectivity index (χ0n) is 14.5. The summed E-state index contributed by atoms with van der Waals surface area (Å²) < 4.78 is 5.32. The van der Waals surface area contributed by atoms with E-state index in [-0.39, 0.29) is 23.1 Å². The van der Waals surface area contributed by atoms with E-state index in [2.05, 4.69) is 15.0 Å². The molecule has 0 saturated carbocycles. The number of likely N-dealkylation sites (tertiary alicyclic amines) is 1. The maximum atomic E-state index is 12.8. The standard InChI is InChI=1S/C17H21N5O3/c1-21(2)17-19-13(9-14(23)20-17)16(24)22-8-6-11(10-22)12-5-4-7-18-15(12)25-3/h4-5,7,9,11H,6,8,10H2,1-3H3,(H,19,20,23). The van der Waals surface area contributed by atoms with Gasteiger partial charge in [-0.1, -0.05) is 6.07 Å². The summed E-state index contributed by atoms with van der Waals surface area (Å²) in [7, 11) is 5.10. The molecular weight excluding hydrogens is 322 g/mol. The fraction of sp³-hybridized carbons (Fsp3) is 0.412. The van der Waals surface area contributed by atoms with Crippen molar-refractivity contribution in [3.8, 4) is 5.88 Å². The Labute approximate surface area is 145 Å². The van der Waals surface area contributed by atoms with Gasteiger partial charge in [0.05, 0.1) is 7.11 Å². The number of aromatic nitrogens is 3. The van der Waals surface area contributed by atoms with E-state index >= 15 is 0 Å². The lowest BCUT2D eigenvalue weighted by molar-refractivity contribution is 0.0784. The number of amides is 1. The summed E-state index contributed by atoms with van der Waals surface area (Å²) in [6.07, 6.45) is 2.50. The molecule has 2 aromatic heterocycles. The zero-order valence-corrected chi connectivity index (χ0v) is 14.5. The van der Waals surface area contributed by atoms with Crippen LogP contribution in [-0.2, 0) is 0 Å². The molecule has 132 valence electrons. The molecule has 8 nitrogen and oxygen atoms in total. The molecule has 1 fully saturated rings. The smallest absolute Gasteiger partial charge is 0.272 e. The van der Waals surface area contributed by atoms with Gasteiger partial charge in [0.1, 0.15) is 5.69 Å².